The number of benzene rings is 2. The Morgan fingerprint density at radius 2 is 1.77 bits per heavy atom. The van der Waals surface area contributed by atoms with E-state index in [-0.39, 0.29) is 18.0 Å². The standard InChI is InChI=1S/C30H32N4O6/c1-38-23-9-7-22(8-10-23)34-14-11-24-27(34)31-20-33(28(24)35)19-30(37)12-15-32(16-13-30)29(36)26-25(39-17-18-40-26)21-5-3-2-4-6-21/h2-11,14,20,25-26,37H,12-13,15-19H2,1H3/t25-,26-/m0/s1. The second-order valence-electron chi connectivity index (χ2n) is 10.3. The van der Waals surface area contributed by atoms with Gasteiger partial charge in [-0.15, -0.1) is 0 Å². The highest BCUT2D eigenvalue weighted by atomic mass is 16.6. The lowest BCUT2D eigenvalue weighted by molar-refractivity contribution is -0.178. The summed E-state index contributed by atoms with van der Waals surface area (Å²) >= 11 is 0. The van der Waals surface area contributed by atoms with Crippen molar-refractivity contribution in [3.8, 4) is 11.4 Å². The fraction of sp³-hybridized carbons (Fsp3) is 0.367. The molecule has 1 amide bonds. The van der Waals surface area contributed by atoms with Crippen LogP contribution in [-0.2, 0) is 20.8 Å². The van der Waals surface area contributed by atoms with Gasteiger partial charge < -0.3 is 28.8 Å². The molecule has 10 heteroatoms. The van der Waals surface area contributed by atoms with Gasteiger partial charge in [0.2, 0.25) is 0 Å². The zero-order valence-electron chi connectivity index (χ0n) is 22.3. The normalized spacial score (nSPS) is 20.9. The van der Waals surface area contributed by atoms with Gasteiger partial charge in [-0.05, 0) is 48.7 Å². The molecule has 2 aliphatic heterocycles. The third kappa shape index (κ3) is 5.01. The van der Waals surface area contributed by atoms with Crippen LogP contribution in [0.5, 0.6) is 5.75 Å². The monoisotopic (exact) mass is 544 g/mol. The quantitative estimate of drug-likeness (QED) is 0.398. The summed E-state index contributed by atoms with van der Waals surface area (Å²) in [5.74, 6) is 0.600. The van der Waals surface area contributed by atoms with E-state index in [2.05, 4.69) is 4.98 Å². The van der Waals surface area contributed by atoms with E-state index >= 15 is 0 Å². The Hall–Kier alpha value is -3.99. The van der Waals surface area contributed by atoms with Crippen molar-refractivity contribution in [2.24, 2.45) is 0 Å². The minimum absolute atomic E-state index is 0.0974. The Bertz CT molecular complexity index is 1540. The van der Waals surface area contributed by atoms with Crippen LogP contribution in [0.3, 0.4) is 0 Å². The zero-order valence-corrected chi connectivity index (χ0v) is 22.3. The predicted molar refractivity (Wildman–Crippen MR) is 148 cm³/mol. The lowest BCUT2D eigenvalue weighted by atomic mass is 9.90. The topological polar surface area (TPSA) is 108 Å². The molecule has 10 nitrogen and oxygen atoms in total. The lowest BCUT2D eigenvalue weighted by Gasteiger charge is -2.41. The molecule has 4 heterocycles. The highest BCUT2D eigenvalue weighted by Gasteiger charge is 2.41. The van der Waals surface area contributed by atoms with Gasteiger partial charge in [0.25, 0.3) is 11.5 Å². The van der Waals surface area contributed by atoms with Crippen LogP contribution in [0, 0.1) is 0 Å². The fourth-order valence-electron chi connectivity index (χ4n) is 5.56. The number of carbonyl (C=O) groups is 1. The number of aromatic nitrogens is 3. The molecule has 2 aromatic carbocycles. The van der Waals surface area contributed by atoms with Crippen molar-refractivity contribution in [1.29, 1.82) is 0 Å². The summed E-state index contributed by atoms with van der Waals surface area (Å²) in [5.41, 5.74) is 0.941. The summed E-state index contributed by atoms with van der Waals surface area (Å²) in [6.45, 7) is 1.60. The molecule has 0 bridgehead atoms. The van der Waals surface area contributed by atoms with E-state index in [4.69, 9.17) is 14.2 Å². The van der Waals surface area contributed by atoms with Crippen molar-refractivity contribution in [2.45, 2.75) is 37.2 Å². The summed E-state index contributed by atoms with van der Waals surface area (Å²) in [6, 6.07) is 18.9. The molecule has 2 aromatic heterocycles. The van der Waals surface area contributed by atoms with Crippen molar-refractivity contribution >= 4 is 16.9 Å². The average Bonchev–Trinajstić information content (AvgIpc) is 3.44. The van der Waals surface area contributed by atoms with Gasteiger partial charge in [0.1, 0.15) is 18.2 Å². The first kappa shape index (κ1) is 26.2. The molecule has 208 valence electrons. The van der Waals surface area contributed by atoms with Crippen molar-refractivity contribution < 1.29 is 24.1 Å². The van der Waals surface area contributed by atoms with E-state index < -0.39 is 17.8 Å². The molecule has 0 spiro atoms. The Labute approximate surface area is 231 Å². The molecule has 0 unspecified atom stereocenters. The lowest BCUT2D eigenvalue weighted by Crippen LogP contribution is -2.53. The molecule has 4 aromatic rings. The highest BCUT2D eigenvalue weighted by molar-refractivity contribution is 5.82. The van der Waals surface area contributed by atoms with E-state index in [1.54, 1.807) is 18.1 Å². The number of amides is 1. The number of fused-ring (bicyclic) bond motifs is 1. The maximum absolute atomic E-state index is 13.4. The molecule has 2 fully saturated rings. The molecule has 2 aliphatic rings. The molecule has 0 aliphatic carbocycles. The van der Waals surface area contributed by atoms with Gasteiger partial charge in [-0.1, -0.05) is 30.3 Å². The Balaban J connectivity index is 1.14. The highest BCUT2D eigenvalue weighted by Crippen LogP contribution is 2.31. The van der Waals surface area contributed by atoms with Crippen molar-refractivity contribution in [1.82, 2.24) is 19.0 Å². The number of aliphatic hydroxyl groups is 1. The van der Waals surface area contributed by atoms with Gasteiger partial charge in [0, 0.05) is 25.0 Å². The minimum atomic E-state index is -1.14. The van der Waals surface area contributed by atoms with Crippen LogP contribution >= 0.6 is 0 Å². The number of piperidine rings is 1. The number of carbonyl (C=O) groups excluding carboxylic acids is 1. The molecule has 2 saturated heterocycles. The summed E-state index contributed by atoms with van der Waals surface area (Å²) in [4.78, 5) is 33.0. The van der Waals surface area contributed by atoms with Crippen LogP contribution in [0.2, 0.25) is 0 Å². The zero-order chi connectivity index (χ0) is 27.7. The van der Waals surface area contributed by atoms with Crippen molar-refractivity contribution in [2.75, 3.05) is 33.4 Å². The predicted octanol–water partition coefficient (Wildman–Crippen LogP) is 2.71. The van der Waals surface area contributed by atoms with E-state index in [0.29, 0.717) is 50.2 Å². The maximum atomic E-state index is 13.4. The van der Waals surface area contributed by atoms with Gasteiger partial charge in [0.05, 0.1) is 37.9 Å². The van der Waals surface area contributed by atoms with E-state index in [0.717, 1.165) is 17.0 Å². The SMILES string of the molecule is COc1ccc(-n2ccc3c(=O)n(CC4(O)CCN(C(=O)[C@H]5OCCO[C@H]5c5ccccc5)CC4)cnc32)cc1. The van der Waals surface area contributed by atoms with E-state index in [1.165, 1.54) is 10.9 Å². The van der Waals surface area contributed by atoms with E-state index in [1.807, 2.05) is 65.4 Å². The molecule has 2 atom stereocenters. The summed E-state index contributed by atoms with van der Waals surface area (Å²) in [6.07, 6.45) is 2.76. The van der Waals surface area contributed by atoms with Crippen LogP contribution in [0.25, 0.3) is 16.7 Å². The van der Waals surface area contributed by atoms with E-state index in [9.17, 15) is 14.7 Å². The molecule has 6 rings (SSSR count). The Morgan fingerprint density at radius 1 is 1.05 bits per heavy atom. The summed E-state index contributed by atoms with van der Waals surface area (Å²) in [7, 11) is 1.61. The van der Waals surface area contributed by atoms with Gasteiger partial charge in [-0.3, -0.25) is 14.2 Å². The fourth-order valence-corrected chi connectivity index (χ4v) is 5.56. The van der Waals surface area contributed by atoms with Crippen LogP contribution in [0.4, 0.5) is 0 Å². The number of likely N-dealkylation sites (tertiary alicyclic amines) is 1. The molecule has 1 N–H and O–H groups in total. The number of methoxy groups -OCH3 is 1. The molecule has 0 saturated carbocycles. The summed E-state index contributed by atoms with van der Waals surface area (Å²) < 4.78 is 20.3. The molecular weight excluding hydrogens is 512 g/mol. The first-order valence-corrected chi connectivity index (χ1v) is 13.5. The third-order valence-electron chi connectivity index (χ3n) is 7.82. The molecular formula is C30H32N4O6. The summed E-state index contributed by atoms with van der Waals surface area (Å²) in [5, 5.41) is 11.9. The number of ether oxygens (including phenoxy) is 3. The van der Waals surface area contributed by atoms with Gasteiger partial charge >= 0.3 is 0 Å². The number of hydrogen-bond donors (Lipinski definition) is 1. The van der Waals surface area contributed by atoms with Gasteiger partial charge in [0.15, 0.2) is 11.8 Å². The number of rotatable bonds is 6. The molecule has 0 radical (unpaired) electrons. The van der Waals surface area contributed by atoms with Crippen molar-refractivity contribution in [3.63, 3.8) is 0 Å². The van der Waals surface area contributed by atoms with Crippen molar-refractivity contribution in [3.05, 3.63) is 89.1 Å². The number of hydrogen-bond acceptors (Lipinski definition) is 7. The Morgan fingerprint density at radius 3 is 2.50 bits per heavy atom. The second kappa shape index (κ2) is 10.9. The maximum Gasteiger partial charge on any atom is 0.262 e. The first-order chi connectivity index (χ1) is 19.5. The minimum Gasteiger partial charge on any atom is -0.497 e. The largest absolute Gasteiger partial charge is 0.497 e. The van der Waals surface area contributed by atoms with Crippen LogP contribution in [0.15, 0.2) is 78.0 Å². The third-order valence-corrected chi connectivity index (χ3v) is 7.82. The number of nitrogens with zero attached hydrogens (tertiary/aromatic N) is 4. The Kier molecular flexibility index (Phi) is 7.14. The van der Waals surface area contributed by atoms with Crippen LogP contribution in [0.1, 0.15) is 24.5 Å². The smallest absolute Gasteiger partial charge is 0.262 e. The van der Waals surface area contributed by atoms with Crippen LogP contribution < -0.4 is 10.3 Å². The van der Waals surface area contributed by atoms with Gasteiger partial charge in [-0.2, -0.15) is 0 Å². The molecule has 40 heavy (non-hydrogen) atoms. The van der Waals surface area contributed by atoms with Gasteiger partial charge in [-0.25, -0.2) is 4.98 Å². The first-order valence-electron chi connectivity index (χ1n) is 13.5. The average molecular weight is 545 g/mol. The second-order valence-corrected chi connectivity index (χ2v) is 10.3. The van der Waals surface area contributed by atoms with Crippen LogP contribution in [-0.4, -0.2) is 75.1 Å².